The minimum Gasteiger partial charge on any atom is -0.379 e. The summed E-state index contributed by atoms with van der Waals surface area (Å²) in [6.45, 7) is 10.9. The minimum atomic E-state index is 0. The molecule has 1 aliphatic heterocycles. The van der Waals surface area contributed by atoms with Crippen molar-refractivity contribution in [1.82, 2.24) is 4.90 Å². The first-order valence-corrected chi connectivity index (χ1v) is 8.57. The highest BCUT2D eigenvalue weighted by Crippen LogP contribution is 2.14. The third-order valence-corrected chi connectivity index (χ3v) is 4.34. The molecule has 136 valence electrons. The van der Waals surface area contributed by atoms with Gasteiger partial charge in [0.15, 0.2) is 5.96 Å². The number of rotatable bonds is 6. The van der Waals surface area contributed by atoms with E-state index < -0.39 is 0 Å². The predicted molar refractivity (Wildman–Crippen MR) is 112 cm³/mol. The molecular formula is C18H31IN4O. The lowest BCUT2D eigenvalue weighted by atomic mass is 10.0. The molecule has 2 rings (SSSR count). The number of aliphatic imine (C=N–C) groups is 1. The first-order chi connectivity index (χ1) is 11.1. The molecule has 6 heteroatoms. The Bertz CT molecular complexity index is 515. The number of halogens is 1. The Morgan fingerprint density at radius 1 is 1.33 bits per heavy atom. The fourth-order valence-corrected chi connectivity index (χ4v) is 2.91. The zero-order valence-corrected chi connectivity index (χ0v) is 17.3. The van der Waals surface area contributed by atoms with Gasteiger partial charge in [-0.05, 0) is 30.0 Å². The van der Waals surface area contributed by atoms with Crippen molar-refractivity contribution in [2.75, 3.05) is 38.2 Å². The second-order valence-electron chi connectivity index (χ2n) is 6.36. The lowest BCUT2D eigenvalue weighted by Gasteiger charge is -2.36. The molecule has 0 radical (unpaired) electrons. The second-order valence-corrected chi connectivity index (χ2v) is 6.36. The molecule has 0 saturated carbocycles. The molecule has 0 spiro atoms. The maximum atomic E-state index is 6.07. The van der Waals surface area contributed by atoms with E-state index in [0.717, 1.165) is 38.4 Å². The van der Waals surface area contributed by atoms with Gasteiger partial charge in [-0.2, -0.15) is 0 Å². The Kier molecular flexibility index (Phi) is 9.61. The number of hydrogen-bond donors (Lipinski definition) is 2. The van der Waals surface area contributed by atoms with Crippen molar-refractivity contribution in [3.05, 3.63) is 29.8 Å². The Morgan fingerprint density at radius 3 is 2.67 bits per heavy atom. The topological polar surface area (TPSA) is 62.9 Å². The highest BCUT2D eigenvalue weighted by Gasteiger charge is 2.23. The van der Waals surface area contributed by atoms with Gasteiger partial charge >= 0.3 is 0 Å². The fourth-order valence-electron chi connectivity index (χ4n) is 2.91. The van der Waals surface area contributed by atoms with Crippen molar-refractivity contribution in [1.29, 1.82) is 0 Å². The van der Waals surface area contributed by atoms with Crippen LogP contribution in [0.3, 0.4) is 0 Å². The number of morpholine rings is 1. The summed E-state index contributed by atoms with van der Waals surface area (Å²) >= 11 is 0. The Morgan fingerprint density at radius 2 is 2.04 bits per heavy atom. The summed E-state index contributed by atoms with van der Waals surface area (Å²) in [6.07, 6.45) is 1.01. The quantitative estimate of drug-likeness (QED) is 0.401. The molecule has 1 atom stereocenters. The van der Waals surface area contributed by atoms with Gasteiger partial charge in [0.2, 0.25) is 0 Å². The van der Waals surface area contributed by atoms with E-state index in [0.29, 0.717) is 24.5 Å². The van der Waals surface area contributed by atoms with Gasteiger partial charge in [0.1, 0.15) is 0 Å². The molecule has 1 saturated heterocycles. The van der Waals surface area contributed by atoms with Crippen molar-refractivity contribution in [3.8, 4) is 0 Å². The van der Waals surface area contributed by atoms with Gasteiger partial charge in [-0.3, -0.25) is 9.89 Å². The summed E-state index contributed by atoms with van der Waals surface area (Å²) < 4.78 is 5.44. The summed E-state index contributed by atoms with van der Waals surface area (Å²) in [5, 5.41) is 3.20. The highest BCUT2D eigenvalue weighted by atomic mass is 127. The van der Waals surface area contributed by atoms with Crippen LogP contribution in [0.2, 0.25) is 0 Å². The van der Waals surface area contributed by atoms with E-state index in [-0.39, 0.29) is 24.0 Å². The number of nitrogens with two attached hydrogens (primary N) is 1. The molecule has 0 bridgehead atoms. The van der Waals surface area contributed by atoms with Crippen molar-refractivity contribution < 1.29 is 4.74 Å². The fraction of sp³-hybridized carbons (Fsp3) is 0.611. The number of anilines is 1. The zero-order chi connectivity index (χ0) is 16.7. The first-order valence-electron chi connectivity index (χ1n) is 8.57. The van der Waals surface area contributed by atoms with Gasteiger partial charge in [-0.15, -0.1) is 24.0 Å². The van der Waals surface area contributed by atoms with Gasteiger partial charge in [0.25, 0.3) is 0 Å². The van der Waals surface area contributed by atoms with E-state index in [1.807, 2.05) is 12.1 Å². The van der Waals surface area contributed by atoms with Crippen LogP contribution in [-0.4, -0.2) is 49.7 Å². The maximum Gasteiger partial charge on any atom is 0.193 e. The van der Waals surface area contributed by atoms with Crippen LogP contribution in [0.4, 0.5) is 5.69 Å². The van der Waals surface area contributed by atoms with Crippen molar-refractivity contribution >= 4 is 35.6 Å². The number of guanidine groups is 1. The average Bonchev–Trinajstić information content (AvgIpc) is 2.56. The average molecular weight is 446 g/mol. The molecule has 1 aromatic carbocycles. The molecule has 1 aromatic rings. The maximum absolute atomic E-state index is 6.07. The van der Waals surface area contributed by atoms with Crippen LogP contribution >= 0.6 is 24.0 Å². The third kappa shape index (κ3) is 6.57. The minimum absolute atomic E-state index is 0. The van der Waals surface area contributed by atoms with Gasteiger partial charge in [0, 0.05) is 24.8 Å². The Balaban J connectivity index is 0.00000288. The lowest BCUT2D eigenvalue weighted by molar-refractivity contribution is 0.00870. The molecule has 3 N–H and O–H groups in total. The smallest absolute Gasteiger partial charge is 0.193 e. The zero-order valence-electron chi connectivity index (χ0n) is 15.0. The lowest BCUT2D eigenvalue weighted by Crippen LogP contribution is -2.47. The number of nitrogens with one attached hydrogen (secondary N) is 1. The largest absolute Gasteiger partial charge is 0.379 e. The van der Waals surface area contributed by atoms with Crippen molar-refractivity contribution in [2.24, 2.45) is 16.6 Å². The van der Waals surface area contributed by atoms with Crippen LogP contribution in [0.1, 0.15) is 26.3 Å². The van der Waals surface area contributed by atoms with Gasteiger partial charge < -0.3 is 15.8 Å². The number of ether oxygens (including phenoxy) is 1. The second kappa shape index (κ2) is 10.9. The van der Waals surface area contributed by atoms with Crippen LogP contribution in [0, 0.1) is 5.92 Å². The van der Waals surface area contributed by atoms with E-state index in [9.17, 15) is 0 Å². The van der Waals surface area contributed by atoms with E-state index in [4.69, 9.17) is 10.5 Å². The van der Waals surface area contributed by atoms with Gasteiger partial charge in [-0.1, -0.05) is 32.9 Å². The molecule has 1 unspecified atom stereocenters. The standard InChI is InChI=1S/C18H30N4O.HI/c1-4-15-6-5-7-16(12-15)21-18(19)20-13-17(14(2)3)22-8-10-23-11-9-22;/h5-7,12,14,17H,4,8-11,13H2,1-3H3,(H3,19,20,21);1H. The predicted octanol–water partition coefficient (Wildman–Crippen LogP) is 2.95. The van der Waals surface area contributed by atoms with Gasteiger partial charge in [0.05, 0.1) is 19.8 Å². The van der Waals surface area contributed by atoms with Crippen LogP contribution in [-0.2, 0) is 11.2 Å². The SMILES string of the molecule is CCc1cccc(NC(N)=NCC(C(C)C)N2CCOCC2)c1.I. The molecule has 1 fully saturated rings. The Labute approximate surface area is 163 Å². The monoisotopic (exact) mass is 446 g/mol. The number of hydrogen-bond acceptors (Lipinski definition) is 3. The summed E-state index contributed by atoms with van der Waals surface area (Å²) in [5.74, 6) is 1.02. The normalized spacial score (nSPS) is 17.4. The third-order valence-electron chi connectivity index (χ3n) is 4.34. The number of nitrogens with zero attached hydrogens (tertiary/aromatic N) is 2. The molecule has 5 nitrogen and oxygen atoms in total. The number of benzene rings is 1. The molecule has 0 amide bonds. The highest BCUT2D eigenvalue weighted by molar-refractivity contribution is 14.0. The first kappa shape index (κ1) is 21.2. The summed E-state index contributed by atoms with van der Waals surface area (Å²) in [6, 6.07) is 8.69. The molecule has 0 aliphatic carbocycles. The summed E-state index contributed by atoms with van der Waals surface area (Å²) in [7, 11) is 0. The van der Waals surface area contributed by atoms with Gasteiger partial charge in [-0.25, -0.2) is 0 Å². The van der Waals surface area contributed by atoms with Crippen molar-refractivity contribution in [3.63, 3.8) is 0 Å². The molecule has 1 heterocycles. The van der Waals surface area contributed by atoms with E-state index >= 15 is 0 Å². The number of aryl methyl sites for hydroxylation is 1. The summed E-state index contributed by atoms with van der Waals surface area (Å²) in [4.78, 5) is 7.03. The van der Waals surface area contributed by atoms with Crippen LogP contribution in [0.25, 0.3) is 0 Å². The van der Waals surface area contributed by atoms with Crippen molar-refractivity contribution in [2.45, 2.75) is 33.2 Å². The van der Waals surface area contributed by atoms with Crippen LogP contribution in [0.5, 0.6) is 0 Å². The van der Waals surface area contributed by atoms with E-state index in [2.05, 4.69) is 48.1 Å². The Hall–Kier alpha value is -0.860. The van der Waals surface area contributed by atoms with E-state index in [1.165, 1.54) is 5.56 Å². The van der Waals surface area contributed by atoms with E-state index in [1.54, 1.807) is 0 Å². The molecule has 1 aliphatic rings. The van der Waals surface area contributed by atoms with Crippen LogP contribution < -0.4 is 11.1 Å². The summed E-state index contributed by atoms with van der Waals surface area (Å²) in [5.41, 5.74) is 8.36. The molecule has 24 heavy (non-hydrogen) atoms. The molecular weight excluding hydrogens is 415 g/mol. The van der Waals surface area contributed by atoms with Crippen LogP contribution in [0.15, 0.2) is 29.3 Å². The molecule has 0 aromatic heterocycles.